The van der Waals surface area contributed by atoms with Gasteiger partial charge < -0.3 is 14.8 Å². The van der Waals surface area contributed by atoms with E-state index in [9.17, 15) is 0 Å². The minimum absolute atomic E-state index is 0.437. The molecule has 1 spiro atoms. The fourth-order valence-corrected chi connectivity index (χ4v) is 7.25. The summed E-state index contributed by atoms with van der Waals surface area (Å²) in [6.45, 7) is 15.2. The highest BCUT2D eigenvalue weighted by Gasteiger charge is 2.49. The van der Waals surface area contributed by atoms with Crippen LogP contribution in [0.1, 0.15) is 82.0 Å². The van der Waals surface area contributed by atoms with Crippen molar-refractivity contribution in [2.45, 2.75) is 83.7 Å². The van der Waals surface area contributed by atoms with Crippen molar-refractivity contribution in [2.24, 2.45) is 5.41 Å². The molecule has 5 nitrogen and oxygen atoms in total. The standard InChI is InChI=1S/C31H43N3O2/c1-22(2)25-9-5-6-10-26(25)27-21-33(20-23-8-7-11-28-29(23)36-30(3,4)35-28)16-17-34(27)24-18-31(19-24)12-14-32-15-13-31/h5-11,22,24,27,32H,12-21H2,1-4H3. The van der Waals surface area contributed by atoms with Gasteiger partial charge in [-0.3, -0.25) is 9.80 Å². The number of nitrogens with zero attached hydrogens (tertiary/aromatic N) is 2. The van der Waals surface area contributed by atoms with Crippen molar-refractivity contribution in [3.05, 3.63) is 59.2 Å². The van der Waals surface area contributed by atoms with Crippen LogP contribution in [0.5, 0.6) is 11.5 Å². The first-order valence-electron chi connectivity index (χ1n) is 14.1. The van der Waals surface area contributed by atoms with Crippen LogP contribution in [0.2, 0.25) is 0 Å². The molecule has 1 unspecified atom stereocenters. The number of piperazine rings is 1. The van der Waals surface area contributed by atoms with Crippen LogP contribution in [0.15, 0.2) is 42.5 Å². The van der Waals surface area contributed by atoms with Crippen LogP contribution in [-0.2, 0) is 6.54 Å². The molecular formula is C31H43N3O2. The molecule has 0 bridgehead atoms. The number of piperidine rings is 1. The smallest absolute Gasteiger partial charge is 0.246 e. The second-order valence-electron chi connectivity index (χ2n) is 12.4. The monoisotopic (exact) mass is 489 g/mol. The van der Waals surface area contributed by atoms with Gasteiger partial charge in [-0.15, -0.1) is 0 Å². The molecule has 2 aromatic rings. The van der Waals surface area contributed by atoms with E-state index in [1.165, 1.54) is 55.5 Å². The summed E-state index contributed by atoms with van der Waals surface area (Å²) in [6, 6.07) is 16.7. The van der Waals surface area contributed by atoms with Crippen molar-refractivity contribution in [3.8, 4) is 11.5 Å². The maximum atomic E-state index is 6.21. The molecule has 6 rings (SSSR count). The SMILES string of the molecule is CC(C)c1ccccc1C1CN(Cc2cccc3c2OC(C)(C)O3)CCN1C1CC2(CCNCC2)C1. The van der Waals surface area contributed by atoms with Gasteiger partial charge in [-0.2, -0.15) is 0 Å². The molecule has 1 saturated carbocycles. The molecule has 0 amide bonds. The fourth-order valence-electron chi connectivity index (χ4n) is 7.25. The molecule has 4 aliphatic rings. The van der Waals surface area contributed by atoms with E-state index in [-0.39, 0.29) is 0 Å². The normalized spacial score (nSPS) is 25.9. The van der Waals surface area contributed by atoms with Crippen molar-refractivity contribution in [3.63, 3.8) is 0 Å². The van der Waals surface area contributed by atoms with Crippen molar-refractivity contribution >= 4 is 0 Å². The Kier molecular flexibility index (Phi) is 6.30. The highest BCUT2D eigenvalue weighted by atomic mass is 16.7. The predicted molar refractivity (Wildman–Crippen MR) is 145 cm³/mol. The topological polar surface area (TPSA) is 37.0 Å². The lowest BCUT2D eigenvalue weighted by Gasteiger charge is -2.57. The first-order chi connectivity index (χ1) is 17.3. The number of rotatable bonds is 5. The summed E-state index contributed by atoms with van der Waals surface area (Å²) in [6.07, 6.45) is 5.46. The summed E-state index contributed by atoms with van der Waals surface area (Å²) < 4.78 is 12.2. The molecule has 3 fully saturated rings. The molecule has 3 aliphatic heterocycles. The summed E-state index contributed by atoms with van der Waals surface area (Å²) in [7, 11) is 0. The molecule has 1 aliphatic carbocycles. The van der Waals surface area contributed by atoms with E-state index in [2.05, 4.69) is 65.4 Å². The number of ether oxygens (including phenoxy) is 2. The number of fused-ring (bicyclic) bond motifs is 1. The highest BCUT2D eigenvalue weighted by molar-refractivity contribution is 5.49. The van der Waals surface area contributed by atoms with E-state index >= 15 is 0 Å². The van der Waals surface area contributed by atoms with Gasteiger partial charge in [0.2, 0.25) is 5.79 Å². The van der Waals surface area contributed by atoms with Crippen LogP contribution in [-0.4, -0.2) is 54.4 Å². The summed E-state index contributed by atoms with van der Waals surface area (Å²) in [5.41, 5.74) is 4.87. The number of nitrogens with one attached hydrogen (secondary N) is 1. The van der Waals surface area contributed by atoms with Gasteiger partial charge in [0, 0.05) is 57.7 Å². The third-order valence-electron chi connectivity index (χ3n) is 9.11. The summed E-state index contributed by atoms with van der Waals surface area (Å²) in [5.74, 6) is 1.74. The second kappa shape index (κ2) is 9.34. The average Bonchev–Trinajstić information content (AvgIpc) is 3.18. The Morgan fingerprint density at radius 2 is 1.75 bits per heavy atom. The van der Waals surface area contributed by atoms with Crippen molar-refractivity contribution in [2.75, 3.05) is 32.7 Å². The van der Waals surface area contributed by atoms with E-state index in [1.807, 2.05) is 19.9 Å². The van der Waals surface area contributed by atoms with Gasteiger partial charge in [0.1, 0.15) is 0 Å². The summed E-state index contributed by atoms with van der Waals surface area (Å²) in [5, 5.41) is 3.57. The number of hydrogen-bond acceptors (Lipinski definition) is 5. The van der Waals surface area contributed by atoms with Crippen molar-refractivity contribution < 1.29 is 9.47 Å². The number of hydrogen-bond donors (Lipinski definition) is 1. The van der Waals surface area contributed by atoms with Gasteiger partial charge in [0.25, 0.3) is 0 Å². The molecule has 2 aromatic carbocycles. The molecule has 0 aromatic heterocycles. The quantitative estimate of drug-likeness (QED) is 0.582. The molecule has 5 heteroatoms. The van der Waals surface area contributed by atoms with Crippen LogP contribution < -0.4 is 14.8 Å². The van der Waals surface area contributed by atoms with Crippen LogP contribution in [0, 0.1) is 5.41 Å². The maximum Gasteiger partial charge on any atom is 0.246 e. The number of benzene rings is 2. The Hall–Kier alpha value is -2.08. The maximum absolute atomic E-state index is 6.21. The lowest BCUT2D eigenvalue weighted by atomic mass is 9.60. The van der Waals surface area contributed by atoms with Gasteiger partial charge in [-0.25, -0.2) is 0 Å². The first kappa shape index (κ1) is 24.3. The van der Waals surface area contributed by atoms with Gasteiger partial charge in [-0.05, 0) is 67.3 Å². The lowest BCUT2D eigenvalue weighted by Crippen LogP contribution is -2.59. The average molecular weight is 490 g/mol. The van der Waals surface area contributed by atoms with E-state index < -0.39 is 5.79 Å². The van der Waals surface area contributed by atoms with Gasteiger partial charge >= 0.3 is 0 Å². The van der Waals surface area contributed by atoms with Gasteiger partial charge in [0.05, 0.1) is 0 Å². The van der Waals surface area contributed by atoms with Crippen LogP contribution in [0.25, 0.3) is 0 Å². The van der Waals surface area contributed by atoms with Crippen LogP contribution >= 0.6 is 0 Å². The lowest BCUT2D eigenvalue weighted by molar-refractivity contribution is -0.0655. The third kappa shape index (κ3) is 4.55. The van der Waals surface area contributed by atoms with Crippen LogP contribution in [0.4, 0.5) is 0 Å². The molecule has 3 heterocycles. The zero-order chi connectivity index (χ0) is 24.9. The second-order valence-corrected chi connectivity index (χ2v) is 12.4. The summed E-state index contributed by atoms with van der Waals surface area (Å²) in [4.78, 5) is 5.52. The zero-order valence-corrected chi connectivity index (χ0v) is 22.6. The Bertz CT molecular complexity index is 1080. The zero-order valence-electron chi connectivity index (χ0n) is 22.6. The molecule has 194 valence electrons. The Balaban J connectivity index is 1.24. The van der Waals surface area contributed by atoms with E-state index in [0.717, 1.165) is 37.7 Å². The Morgan fingerprint density at radius 1 is 0.972 bits per heavy atom. The molecule has 1 N–H and O–H groups in total. The van der Waals surface area contributed by atoms with Gasteiger partial charge in [-0.1, -0.05) is 50.2 Å². The van der Waals surface area contributed by atoms with E-state index in [4.69, 9.17) is 9.47 Å². The minimum atomic E-state index is -0.593. The van der Waals surface area contributed by atoms with E-state index in [0.29, 0.717) is 23.4 Å². The van der Waals surface area contributed by atoms with E-state index in [1.54, 1.807) is 0 Å². The summed E-state index contributed by atoms with van der Waals surface area (Å²) >= 11 is 0. The Morgan fingerprint density at radius 3 is 2.53 bits per heavy atom. The third-order valence-corrected chi connectivity index (χ3v) is 9.11. The predicted octanol–water partition coefficient (Wildman–Crippen LogP) is 5.71. The molecule has 36 heavy (non-hydrogen) atoms. The van der Waals surface area contributed by atoms with Crippen molar-refractivity contribution in [1.29, 1.82) is 0 Å². The highest BCUT2D eigenvalue weighted by Crippen LogP contribution is 2.52. The van der Waals surface area contributed by atoms with Gasteiger partial charge in [0.15, 0.2) is 11.5 Å². The first-order valence-corrected chi connectivity index (χ1v) is 14.1. The molecule has 1 atom stereocenters. The molecular weight excluding hydrogens is 446 g/mol. The molecule has 0 radical (unpaired) electrons. The molecule has 2 saturated heterocycles. The van der Waals surface area contributed by atoms with Crippen LogP contribution in [0.3, 0.4) is 0 Å². The van der Waals surface area contributed by atoms with Crippen molar-refractivity contribution in [1.82, 2.24) is 15.1 Å². The fraction of sp³-hybridized carbons (Fsp3) is 0.613. The largest absolute Gasteiger partial charge is 0.449 e. The minimum Gasteiger partial charge on any atom is -0.449 e. The Labute approximate surface area is 217 Å². The number of para-hydroxylation sites is 1.